The molecule has 0 aliphatic heterocycles. The number of para-hydroxylation sites is 3. The van der Waals surface area contributed by atoms with Gasteiger partial charge < -0.3 is 9.47 Å². The quantitative estimate of drug-likeness (QED) is 0.180. The summed E-state index contributed by atoms with van der Waals surface area (Å²) in [6, 6.07) is 53.8. The first kappa shape index (κ1) is 28.0. The lowest BCUT2D eigenvalue weighted by Crippen LogP contribution is -2.09. The number of fused-ring (bicyclic) bond motifs is 6. The number of benzene rings is 6. The zero-order chi connectivity index (χ0) is 32.2. The lowest BCUT2D eigenvalue weighted by atomic mass is 9.98. The van der Waals surface area contributed by atoms with E-state index in [1.54, 1.807) is 0 Å². The second-order valence-corrected chi connectivity index (χ2v) is 12.4. The molecule has 0 unspecified atom stereocenters. The van der Waals surface area contributed by atoms with Crippen LogP contribution in [0.3, 0.4) is 0 Å². The van der Waals surface area contributed by atoms with Crippen LogP contribution >= 0.6 is 0 Å². The van der Waals surface area contributed by atoms with Crippen molar-refractivity contribution in [2.75, 3.05) is 4.90 Å². The minimum absolute atomic E-state index is 0.935. The lowest BCUT2D eigenvalue weighted by molar-refractivity contribution is 1.13. The SMILES string of the molecule is Cc1c(-c2ccc3ccc4cccnc4c3n2)ccc(-n2c3ccccc3c3cc(N(c4ccccc4)c4ccccc4)ccc32)c1C. The molecule has 48 heavy (non-hydrogen) atoms. The van der Waals surface area contributed by atoms with Crippen molar-refractivity contribution in [3.63, 3.8) is 0 Å². The van der Waals surface area contributed by atoms with Gasteiger partial charge in [0.05, 0.1) is 27.8 Å². The van der Waals surface area contributed by atoms with E-state index in [-0.39, 0.29) is 0 Å². The number of hydrogen-bond acceptors (Lipinski definition) is 3. The predicted molar refractivity (Wildman–Crippen MR) is 201 cm³/mol. The topological polar surface area (TPSA) is 34.0 Å². The van der Waals surface area contributed by atoms with Crippen molar-refractivity contribution in [1.82, 2.24) is 14.5 Å². The van der Waals surface area contributed by atoms with Gasteiger partial charge in [-0.25, -0.2) is 4.98 Å². The highest BCUT2D eigenvalue weighted by Gasteiger charge is 2.19. The van der Waals surface area contributed by atoms with E-state index in [1.807, 2.05) is 12.3 Å². The highest BCUT2D eigenvalue weighted by molar-refractivity contribution is 6.11. The van der Waals surface area contributed by atoms with Crippen LogP contribution < -0.4 is 4.90 Å². The normalized spacial score (nSPS) is 11.5. The Bertz CT molecular complexity index is 2600. The maximum atomic E-state index is 5.17. The number of anilines is 3. The molecule has 0 saturated carbocycles. The number of aromatic nitrogens is 3. The Hall–Kier alpha value is -6.26. The molecule has 0 atom stereocenters. The van der Waals surface area contributed by atoms with Crippen LogP contribution in [0.1, 0.15) is 11.1 Å². The fourth-order valence-electron chi connectivity index (χ4n) is 7.16. The lowest BCUT2D eigenvalue weighted by Gasteiger charge is -2.25. The summed E-state index contributed by atoms with van der Waals surface area (Å²) >= 11 is 0. The molecular formula is C44H32N4. The number of nitrogens with zero attached hydrogens (tertiary/aromatic N) is 4. The molecule has 6 aromatic carbocycles. The Balaban J connectivity index is 1.21. The zero-order valence-corrected chi connectivity index (χ0v) is 26.8. The van der Waals surface area contributed by atoms with Crippen LogP contribution in [0.2, 0.25) is 0 Å². The van der Waals surface area contributed by atoms with Crippen LogP contribution in [0.4, 0.5) is 17.1 Å². The van der Waals surface area contributed by atoms with Gasteiger partial charge in [0, 0.05) is 56.1 Å². The minimum atomic E-state index is 0.935. The number of hydrogen-bond donors (Lipinski definition) is 0. The molecule has 0 radical (unpaired) electrons. The van der Waals surface area contributed by atoms with Gasteiger partial charge in [0.15, 0.2) is 0 Å². The Kier molecular flexibility index (Phi) is 6.54. The van der Waals surface area contributed by atoms with Gasteiger partial charge >= 0.3 is 0 Å². The third-order valence-corrected chi connectivity index (χ3v) is 9.65. The van der Waals surface area contributed by atoms with Crippen molar-refractivity contribution >= 4 is 60.7 Å². The van der Waals surface area contributed by atoms with E-state index in [4.69, 9.17) is 4.98 Å². The molecule has 4 heteroatoms. The van der Waals surface area contributed by atoms with Crippen molar-refractivity contribution < 1.29 is 0 Å². The molecule has 0 aliphatic rings. The highest BCUT2D eigenvalue weighted by Crippen LogP contribution is 2.41. The van der Waals surface area contributed by atoms with Crippen LogP contribution in [0, 0.1) is 13.8 Å². The van der Waals surface area contributed by atoms with E-state index in [1.165, 1.54) is 38.6 Å². The van der Waals surface area contributed by atoms with E-state index >= 15 is 0 Å². The standard InChI is InChI=1S/C44H32N4/c1-29-30(2)40(26-23-36(29)39-24-21-32-20-19-31-12-11-27-45-43(31)44(32)46-39)48-41-18-10-9-17-37(41)38-28-35(22-25-42(38)48)47(33-13-5-3-6-14-33)34-15-7-4-8-16-34/h3-28H,1-2H3. The third-order valence-electron chi connectivity index (χ3n) is 9.65. The summed E-state index contributed by atoms with van der Waals surface area (Å²) < 4.78 is 2.42. The van der Waals surface area contributed by atoms with Gasteiger partial charge in [-0.3, -0.25) is 4.98 Å². The van der Waals surface area contributed by atoms with Crippen LogP contribution in [-0.2, 0) is 0 Å². The van der Waals surface area contributed by atoms with Gasteiger partial charge in [-0.2, -0.15) is 0 Å². The molecule has 0 N–H and O–H groups in total. The first-order chi connectivity index (χ1) is 23.7. The molecule has 9 aromatic rings. The van der Waals surface area contributed by atoms with E-state index in [9.17, 15) is 0 Å². The van der Waals surface area contributed by atoms with Gasteiger partial charge in [-0.05, 0) is 91.7 Å². The van der Waals surface area contributed by atoms with Crippen LogP contribution in [0.15, 0.2) is 158 Å². The van der Waals surface area contributed by atoms with E-state index in [0.717, 1.165) is 50.1 Å². The molecule has 3 aromatic heterocycles. The summed E-state index contributed by atoms with van der Waals surface area (Å²) in [4.78, 5) is 12.2. The van der Waals surface area contributed by atoms with E-state index < -0.39 is 0 Å². The Labute approximate surface area is 279 Å². The fourth-order valence-corrected chi connectivity index (χ4v) is 7.16. The number of pyridine rings is 2. The molecule has 3 heterocycles. The molecule has 0 fully saturated rings. The van der Waals surface area contributed by atoms with Crippen LogP contribution in [0.25, 0.3) is 60.6 Å². The van der Waals surface area contributed by atoms with Crippen LogP contribution in [-0.4, -0.2) is 14.5 Å². The van der Waals surface area contributed by atoms with Crippen molar-refractivity contribution in [3.8, 4) is 16.9 Å². The van der Waals surface area contributed by atoms with Gasteiger partial charge in [0.2, 0.25) is 0 Å². The van der Waals surface area contributed by atoms with Crippen molar-refractivity contribution in [2.45, 2.75) is 13.8 Å². The first-order valence-electron chi connectivity index (χ1n) is 16.3. The molecule has 0 bridgehead atoms. The van der Waals surface area contributed by atoms with Crippen molar-refractivity contribution in [2.24, 2.45) is 0 Å². The maximum Gasteiger partial charge on any atom is 0.0972 e. The average Bonchev–Trinajstić information content (AvgIpc) is 3.47. The molecular weight excluding hydrogens is 585 g/mol. The Morgan fingerprint density at radius 1 is 0.500 bits per heavy atom. The Morgan fingerprint density at radius 3 is 1.94 bits per heavy atom. The van der Waals surface area contributed by atoms with E-state index in [0.29, 0.717) is 0 Å². The fraction of sp³-hybridized carbons (Fsp3) is 0.0455. The minimum Gasteiger partial charge on any atom is -0.310 e. The molecule has 9 rings (SSSR count). The average molecular weight is 617 g/mol. The molecule has 4 nitrogen and oxygen atoms in total. The van der Waals surface area contributed by atoms with E-state index in [2.05, 4.69) is 174 Å². The summed E-state index contributed by atoms with van der Waals surface area (Å²) in [7, 11) is 0. The van der Waals surface area contributed by atoms with Crippen molar-refractivity contribution in [1.29, 1.82) is 0 Å². The molecule has 0 saturated heterocycles. The predicted octanol–water partition coefficient (Wildman–Crippen LogP) is 11.6. The number of rotatable bonds is 5. The second-order valence-electron chi connectivity index (χ2n) is 12.4. The summed E-state index contributed by atoms with van der Waals surface area (Å²) in [6.45, 7) is 4.44. The molecule has 0 aliphatic carbocycles. The second kappa shape index (κ2) is 11.2. The van der Waals surface area contributed by atoms with Crippen LogP contribution in [0.5, 0.6) is 0 Å². The highest BCUT2D eigenvalue weighted by atomic mass is 15.1. The summed E-state index contributed by atoms with van der Waals surface area (Å²) in [5, 5.41) is 4.64. The zero-order valence-electron chi connectivity index (χ0n) is 26.8. The van der Waals surface area contributed by atoms with Gasteiger partial charge in [0.25, 0.3) is 0 Å². The third kappa shape index (κ3) is 4.45. The molecule has 0 spiro atoms. The monoisotopic (exact) mass is 616 g/mol. The van der Waals surface area contributed by atoms with Gasteiger partial charge in [-0.1, -0.05) is 84.9 Å². The van der Waals surface area contributed by atoms with Gasteiger partial charge in [-0.15, -0.1) is 0 Å². The van der Waals surface area contributed by atoms with Crippen molar-refractivity contribution in [3.05, 3.63) is 169 Å². The summed E-state index contributed by atoms with van der Waals surface area (Å²) in [5.74, 6) is 0. The summed E-state index contributed by atoms with van der Waals surface area (Å²) in [6.07, 6.45) is 1.84. The summed E-state index contributed by atoms with van der Waals surface area (Å²) in [5.41, 5.74) is 13.3. The molecule has 228 valence electrons. The smallest absolute Gasteiger partial charge is 0.0972 e. The largest absolute Gasteiger partial charge is 0.310 e. The Morgan fingerprint density at radius 2 is 1.17 bits per heavy atom. The van der Waals surface area contributed by atoms with Gasteiger partial charge in [0.1, 0.15) is 0 Å². The maximum absolute atomic E-state index is 5.17. The first-order valence-corrected chi connectivity index (χ1v) is 16.3. The molecule has 0 amide bonds.